The van der Waals surface area contributed by atoms with Gasteiger partial charge in [-0.1, -0.05) is 18.5 Å². The van der Waals surface area contributed by atoms with Crippen LogP contribution in [0, 0.1) is 5.92 Å². The van der Waals surface area contributed by atoms with Crippen LogP contribution in [0.4, 0.5) is 0 Å². The zero-order chi connectivity index (χ0) is 10.8. The van der Waals surface area contributed by atoms with Crippen molar-refractivity contribution in [1.29, 1.82) is 0 Å². The molecule has 1 fully saturated rings. The van der Waals surface area contributed by atoms with Crippen molar-refractivity contribution < 1.29 is 4.79 Å². The molecule has 80 valence electrons. The molecule has 0 aromatic carbocycles. The number of nitrogens with zero attached hydrogens (tertiary/aromatic N) is 2. The van der Waals surface area contributed by atoms with Gasteiger partial charge >= 0.3 is 0 Å². The summed E-state index contributed by atoms with van der Waals surface area (Å²) in [7, 11) is 0. The average Bonchev–Trinajstić information content (AvgIpc) is 2.64. The van der Waals surface area contributed by atoms with Crippen molar-refractivity contribution in [1.82, 2.24) is 9.88 Å². The molecule has 2 rings (SSSR count). The number of hydrogen-bond donors (Lipinski definition) is 0. The maximum absolute atomic E-state index is 12.0. The molecule has 1 atom stereocenters. The van der Waals surface area contributed by atoms with Crippen molar-refractivity contribution in [3.05, 3.63) is 29.0 Å². The minimum absolute atomic E-state index is 0.0589. The Morgan fingerprint density at radius 1 is 1.67 bits per heavy atom. The summed E-state index contributed by atoms with van der Waals surface area (Å²) in [6.07, 6.45) is 2.65. The lowest BCUT2D eigenvalue weighted by Gasteiger charge is -2.15. The highest BCUT2D eigenvalue weighted by molar-refractivity contribution is 6.29. The van der Waals surface area contributed by atoms with Crippen molar-refractivity contribution in [2.75, 3.05) is 13.1 Å². The summed E-state index contributed by atoms with van der Waals surface area (Å²) in [5.41, 5.74) is 0.629. The number of likely N-dealkylation sites (tertiary alicyclic amines) is 1. The number of amides is 1. The van der Waals surface area contributed by atoms with Crippen LogP contribution in [-0.4, -0.2) is 28.9 Å². The topological polar surface area (TPSA) is 33.2 Å². The van der Waals surface area contributed by atoms with Gasteiger partial charge in [0.05, 0.1) is 0 Å². The molecule has 0 bridgehead atoms. The Kier molecular flexibility index (Phi) is 2.91. The molecule has 2 heterocycles. The molecule has 0 spiro atoms. The standard InChI is InChI=1S/C11H13ClN2O/c1-8-3-5-14(7-8)11(15)9-2-4-13-10(12)6-9/h2,4,6,8H,3,5,7H2,1H3. The molecule has 1 aliphatic heterocycles. The van der Waals surface area contributed by atoms with E-state index < -0.39 is 0 Å². The third-order valence-corrected chi connectivity index (χ3v) is 2.89. The van der Waals surface area contributed by atoms with Crippen LogP contribution in [0.15, 0.2) is 18.3 Å². The van der Waals surface area contributed by atoms with Crippen LogP contribution in [0.25, 0.3) is 0 Å². The van der Waals surface area contributed by atoms with E-state index in [-0.39, 0.29) is 5.91 Å². The molecule has 1 saturated heterocycles. The van der Waals surface area contributed by atoms with Gasteiger partial charge in [-0.3, -0.25) is 4.79 Å². The molecule has 1 aliphatic rings. The molecule has 3 nitrogen and oxygen atoms in total. The predicted molar refractivity (Wildman–Crippen MR) is 58.9 cm³/mol. The number of pyridine rings is 1. The Balaban J connectivity index is 2.14. The van der Waals surface area contributed by atoms with Gasteiger partial charge in [0.15, 0.2) is 0 Å². The molecule has 4 heteroatoms. The van der Waals surface area contributed by atoms with Gasteiger partial charge in [-0.25, -0.2) is 4.98 Å². The Hall–Kier alpha value is -1.09. The molecule has 1 amide bonds. The number of hydrogen-bond acceptors (Lipinski definition) is 2. The first-order valence-corrected chi connectivity index (χ1v) is 5.45. The van der Waals surface area contributed by atoms with Crippen molar-refractivity contribution in [3.63, 3.8) is 0 Å². The minimum Gasteiger partial charge on any atom is -0.338 e. The first-order chi connectivity index (χ1) is 7.16. The summed E-state index contributed by atoms with van der Waals surface area (Å²) in [5, 5.41) is 0.369. The highest BCUT2D eigenvalue weighted by atomic mass is 35.5. The predicted octanol–water partition coefficient (Wildman–Crippen LogP) is 2.22. The Morgan fingerprint density at radius 3 is 3.07 bits per heavy atom. The first kappa shape index (κ1) is 10.4. The summed E-state index contributed by atoms with van der Waals surface area (Å²) in [4.78, 5) is 17.7. The van der Waals surface area contributed by atoms with Gasteiger partial charge in [0.1, 0.15) is 5.15 Å². The summed E-state index contributed by atoms with van der Waals surface area (Å²) < 4.78 is 0. The van der Waals surface area contributed by atoms with Gasteiger partial charge in [0.25, 0.3) is 5.91 Å². The smallest absolute Gasteiger partial charge is 0.254 e. The summed E-state index contributed by atoms with van der Waals surface area (Å²) in [6.45, 7) is 3.85. The third-order valence-electron chi connectivity index (χ3n) is 2.68. The largest absolute Gasteiger partial charge is 0.338 e. The lowest BCUT2D eigenvalue weighted by atomic mass is 10.2. The highest BCUT2D eigenvalue weighted by Gasteiger charge is 2.24. The Labute approximate surface area is 94.1 Å². The Morgan fingerprint density at radius 2 is 2.47 bits per heavy atom. The van der Waals surface area contributed by atoms with E-state index in [1.54, 1.807) is 18.3 Å². The molecule has 1 unspecified atom stereocenters. The second kappa shape index (κ2) is 4.19. The summed E-state index contributed by atoms with van der Waals surface area (Å²) in [5.74, 6) is 0.662. The Bertz CT molecular complexity index is 381. The van der Waals surface area contributed by atoms with Crippen molar-refractivity contribution in [3.8, 4) is 0 Å². The van der Waals surface area contributed by atoms with Gasteiger partial charge in [-0.05, 0) is 24.5 Å². The molecule has 1 aromatic rings. The fourth-order valence-corrected chi connectivity index (χ4v) is 2.01. The molecule has 1 aromatic heterocycles. The van der Waals surface area contributed by atoms with Crippen LogP contribution in [0.3, 0.4) is 0 Å². The van der Waals surface area contributed by atoms with E-state index >= 15 is 0 Å². The lowest BCUT2D eigenvalue weighted by Crippen LogP contribution is -2.28. The number of carbonyl (C=O) groups excluding carboxylic acids is 1. The van der Waals surface area contributed by atoms with E-state index in [0.717, 1.165) is 19.5 Å². The second-order valence-electron chi connectivity index (χ2n) is 4.01. The maximum Gasteiger partial charge on any atom is 0.254 e. The van der Waals surface area contributed by atoms with E-state index in [1.807, 2.05) is 4.90 Å². The number of carbonyl (C=O) groups is 1. The fraction of sp³-hybridized carbons (Fsp3) is 0.455. The lowest BCUT2D eigenvalue weighted by molar-refractivity contribution is 0.0788. The SMILES string of the molecule is CC1CCN(C(=O)c2ccnc(Cl)c2)C1. The first-order valence-electron chi connectivity index (χ1n) is 5.07. The number of aromatic nitrogens is 1. The summed E-state index contributed by atoms with van der Waals surface area (Å²) in [6, 6.07) is 3.32. The van der Waals surface area contributed by atoms with E-state index in [4.69, 9.17) is 11.6 Å². The molecule has 0 aliphatic carbocycles. The number of halogens is 1. The second-order valence-corrected chi connectivity index (χ2v) is 4.40. The van der Waals surface area contributed by atoms with Crippen molar-refractivity contribution >= 4 is 17.5 Å². The quantitative estimate of drug-likeness (QED) is 0.686. The van der Waals surface area contributed by atoms with Crippen LogP contribution in [0.1, 0.15) is 23.7 Å². The van der Waals surface area contributed by atoms with Crippen LogP contribution < -0.4 is 0 Å². The number of rotatable bonds is 1. The minimum atomic E-state index is 0.0589. The fourth-order valence-electron chi connectivity index (χ4n) is 1.84. The molecule has 0 radical (unpaired) electrons. The van der Waals surface area contributed by atoms with E-state index in [0.29, 0.717) is 16.6 Å². The van der Waals surface area contributed by atoms with E-state index in [2.05, 4.69) is 11.9 Å². The van der Waals surface area contributed by atoms with Crippen LogP contribution in [0.5, 0.6) is 0 Å². The normalized spacial score (nSPS) is 20.7. The van der Waals surface area contributed by atoms with Crippen LogP contribution in [-0.2, 0) is 0 Å². The third kappa shape index (κ3) is 2.29. The zero-order valence-electron chi connectivity index (χ0n) is 8.61. The molecular formula is C11H13ClN2O. The average molecular weight is 225 g/mol. The molecule has 0 N–H and O–H groups in total. The van der Waals surface area contributed by atoms with Crippen molar-refractivity contribution in [2.45, 2.75) is 13.3 Å². The van der Waals surface area contributed by atoms with Crippen LogP contribution >= 0.6 is 11.6 Å². The highest BCUT2D eigenvalue weighted by Crippen LogP contribution is 2.18. The van der Waals surface area contributed by atoms with E-state index in [9.17, 15) is 4.79 Å². The van der Waals surface area contributed by atoms with Crippen LogP contribution in [0.2, 0.25) is 5.15 Å². The van der Waals surface area contributed by atoms with Gasteiger partial charge < -0.3 is 4.90 Å². The van der Waals surface area contributed by atoms with Crippen molar-refractivity contribution in [2.24, 2.45) is 5.92 Å². The molecular weight excluding hydrogens is 212 g/mol. The van der Waals surface area contributed by atoms with Gasteiger partial charge in [-0.15, -0.1) is 0 Å². The maximum atomic E-state index is 12.0. The van der Waals surface area contributed by atoms with Gasteiger partial charge in [0.2, 0.25) is 0 Å². The summed E-state index contributed by atoms with van der Waals surface area (Å²) >= 11 is 5.74. The van der Waals surface area contributed by atoms with Gasteiger partial charge in [-0.2, -0.15) is 0 Å². The molecule has 15 heavy (non-hydrogen) atoms. The van der Waals surface area contributed by atoms with E-state index in [1.165, 1.54) is 0 Å². The van der Waals surface area contributed by atoms with Gasteiger partial charge in [0, 0.05) is 24.8 Å². The molecule has 0 saturated carbocycles. The zero-order valence-corrected chi connectivity index (χ0v) is 9.37. The monoisotopic (exact) mass is 224 g/mol.